The van der Waals surface area contributed by atoms with Crippen LogP contribution in [-0.4, -0.2) is 53.6 Å². The number of piperazine rings is 1. The minimum absolute atomic E-state index is 0.170. The number of nitrogens with zero attached hydrogens (tertiary/aromatic N) is 4. The Kier molecular flexibility index (Phi) is 6.92. The average Bonchev–Trinajstić information content (AvgIpc) is 3.51. The molecular formula is C27H32N6O2. The van der Waals surface area contributed by atoms with E-state index >= 15 is 0 Å². The van der Waals surface area contributed by atoms with Crippen LogP contribution < -0.4 is 21.6 Å². The van der Waals surface area contributed by atoms with Gasteiger partial charge in [-0.1, -0.05) is 42.5 Å². The van der Waals surface area contributed by atoms with Crippen molar-refractivity contribution >= 4 is 12.2 Å². The average molecular weight is 473 g/mol. The van der Waals surface area contributed by atoms with Gasteiger partial charge in [0.25, 0.3) is 0 Å². The lowest BCUT2D eigenvalue weighted by Crippen LogP contribution is -2.47. The highest BCUT2D eigenvalue weighted by atomic mass is 16.1. The monoisotopic (exact) mass is 472 g/mol. The number of carbonyl (C=O) groups is 1. The van der Waals surface area contributed by atoms with E-state index in [0.29, 0.717) is 0 Å². The van der Waals surface area contributed by atoms with E-state index in [0.717, 1.165) is 49.5 Å². The molecule has 2 aliphatic heterocycles. The van der Waals surface area contributed by atoms with Crippen molar-refractivity contribution in [2.24, 2.45) is 17.6 Å². The molecule has 1 saturated carbocycles. The number of rotatable bonds is 5. The fourth-order valence-corrected chi connectivity index (χ4v) is 5.35. The number of hydrogen-bond acceptors (Lipinski definition) is 6. The Morgan fingerprint density at radius 3 is 2.43 bits per heavy atom. The zero-order valence-electron chi connectivity index (χ0n) is 19.8. The molecule has 3 heterocycles. The molecule has 1 amide bonds. The first-order valence-electron chi connectivity index (χ1n) is 12.3. The summed E-state index contributed by atoms with van der Waals surface area (Å²) < 4.78 is 1.64. The van der Waals surface area contributed by atoms with E-state index in [-0.39, 0.29) is 18.1 Å². The van der Waals surface area contributed by atoms with Crippen molar-refractivity contribution in [3.63, 3.8) is 0 Å². The highest BCUT2D eigenvalue weighted by molar-refractivity contribution is 5.44. The van der Waals surface area contributed by atoms with Crippen LogP contribution in [0.4, 0.5) is 5.82 Å². The lowest BCUT2D eigenvalue weighted by molar-refractivity contribution is -0.106. The van der Waals surface area contributed by atoms with Crippen LogP contribution in [0.15, 0.2) is 71.7 Å². The highest BCUT2D eigenvalue weighted by Crippen LogP contribution is 2.45. The molecule has 0 spiro atoms. The highest BCUT2D eigenvalue weighted by Gasteiger charge is 2.44. The number of aromatic nitrogens is 2. The topological polar surface area (TPSA) is 96.5 Å². The quantitative estimate of drug-likeness (QED) is 0.551. The molecule has 8 nitrogen and oxygen atoms in total. The molecule has 2 aromatic carbocycles. The normalized spacial score (nSPS) is 23.2. The number of carbonyl (C=O) groups excluding carboxylic acids is 1. The van der Waals surface area contributed by atoms with Crippen molar-refractivity contribution in [3.8, 4) is 5.69 Å². The second-order valence-corrected chi connectivity index (χ2v) is 9.51. The molecule has 182 valence electrons. The summed E-state index contributed by atoms with van der Waals surface area (Å²) in [5.41, 5.74) is 7.33. The van der Waals surface area contributed by atoms with Gasteiger partial charge in [-0.05, 0) is 47.6 Å². The minimum Gasteiger partial charge on any atom is -0.372 e. The van der Waals surface area contributed by atoms with Gasteiger partial charge < -0.3 is 16.0 Å². The van der Waals surface area contributed by atoms with E-state index in [9.17, 15) is 4.79 Å². The smallest absolute Gasteiger partial charge is 0.354 e. The first-order chi connectivity index (χ1) is 17.2. The molecule has 2 saturated heterocycles. The molecule has 0 radical (unpaired) electrons. The lowest BCUT2D eigenvalue weighted by Gasteiger charge is -2.37. The first kappa shape index (κ1) is 23.3. The van der Waals surface area contributed by atoms with Gasteiger partial charge in [-0.3, -0.25) is 14.3 Å². The molecular weight excluding hydrogens is 440 g/mol. The molecule has 0 bridgehead atoms. The third-order valence-corrected chi connectivity index (χ3v) is 7.19. The Morgan fingerprint density at radius 2 is 1.74 bits per heavy atom. The van der Waals surface area contributed by atoms with Crippen LogP contribution in [0.2, 0.25) is 0 Å². The Bertz CT molecular complexity index is 1190. The summed E-state index contributed by atoms with van der Waals surface area (Å²) in [6.07, 6.45) is 3.54. The van der Waals surface area contributed by atoms with Crippen molar-refractivity contribution in [2.75, 3.05) is 37.6 Å². The van der Waals surface area contributed by atoms with Gasteiger partial charge in [0.1, 0.15) is 5.82 Å². The Hall–Kier alpha value is -3.49. The number of nitrogens with one attached hydrogen (secondary N) is 1. The van der Waals surface area contributed by atoms with Gasteiger partial charge in [0.05, 0.1) is 11.7 Å². The van der Waals surface area contributed by atoms with Crippen LogP contribution in [0.5, 0.6) is 0 Å². The SMILES string of the molecule is NC=O.O=c1nc(N2CCNCC2c2ccccc2)ccn1-c1ccc(CN2CC3CC3C2)cc1. The Morgan fingerprint density at radius 1 is 1.03 bits per heavy atom. The van der Waals surface area contributed by atoms with E-state index in [1.54, 1.807) is 4.57 Å². The zero-order chi connectivity index (χ0) is 24.2. The van der Waals surface area contributed by atoms with Crippen LogP contribution in [0.1, 0.15) is 23.6 Å². The number of likely N-dealkylation sites (tertiary alicyclic amines) is 1. The summed E-state index contributed by atoms with van der Waals surface area (Å²) in [5.74, 6) is 2.65. The summed E-state index contributed by atoms with van der Waals surface area (Å²) in [7, 11) is 0. The van der Waals surface area contributed by atoms with Gasteiger partial charge >= 0.3 is 5.69 Å². The number of hydrogen-bond donors (Lipinski definition) is 2. The van der Waals surface area contributed by atoms with Crippen LogP contribution >= 0.6 is 0 Å². The lowest BCUT2D eigenvalue weighted by atomic mass is 10.0. The largest absolute Gasteiger partial charge is 0.372 e. The van der Waals surface area contributed by atoms with Crippen molar-refractivity contribution < 1.29 is 4.79 Å². The van der Waals surface area contributed by atoms with Crippen LogP contribution in [0.3, 0.4) is 0 Å². The molecule has 3 aliphatic rings. The minimum atomic E-state index is -0.236. The van der Waals surface area contributed by atoms with E-state index < -0.39 is 0 Å². The molecule has 3 aromatic rings. The first-order valence-corrected chi connectivity index (χ1v) is 12.3. The maximum absolute atomic E-state index is 12.9. The second kappa shape index (κ2) is 10.4. The molecule has 3 atom stereocenters. The fraction of sp³-hybridized carbons (Fsp3) is 0.370. The zero-order valence-corrected chi connectivity index (χ0v) is 19.8. The summed E-state index contributed by atoms with van der Waals surface area (Å²) in [5, 5.41) is 3.46. The molecule has 1 aromatic heterocycles. The molecule has 3 N–H and O–H groups in total. The van der Waals surface area contributed by atoms with Gasteiger partial charge in [0, 0.05) is 45.5 Å². The van der Waals surface area contributed by atoms with Gasteiger partial charge in [-0.25, -0.2) is 4.79 Å². The third kappa shape index (κ3) is 5.28. The maximum atomic E-state index is 12.9. The number of anilines is 1. The van der Waals surface area contributed by atoms with E-state index in [1.807, 2.05) is 30.5 Å². The van der Waals surface area contributed by atoms with Crippen molar-refractivity contribution in [2.45, 2.75) is 19.0 Å². The van der Waals surface area contributed by atoms with Gasteiger partial charge in [-0.15, -0.1) is 0 Å². The van der Waals surface area contributed by atoms with Gasteiger partial charge in [-0.2, -0.15) is 4.98 Å². The van der Waals surface area contributed by atoms with E-state index in [4.69, 9.17) is 4.79 Å². The number of amides is 1. The molecule has 35 heavy (non-hydrogen) atoms. The summed E-state index contributed by atoms with van der Waals surface area (Å²) in [4.78, 5) is 30.8. The predicted octanol–water partition coefficient (Wildman–Crippen LogP) is 1.94. The van der Waals surface area contributed by atoms with Gasteiger partial charge in [0.2, 0.25) is 6.41 Å². The van der Waals surface area contributed by atoms with Gasteiger partial charge in [0.15, 0.2) is 0 Å². The molecule has 3 unspecified atom stereocenters. The van der Waals surface area contributed by atoms with E-state index in [2.05, 4.69) is 62.2 Å². The maximum Gasteiger partial charge on any atom is 0.354 e. The van der Waals surface area contributed by atoms with Crippen LogP contribution in [0.25, 0.3) is 5.69 Å². The predicted molar refractivity (Wildman–Crippen MR) is 136 cm³/mol. The Balaban J connectivity index is 0.000000806. The Labute approximate surface area is 205 Å². The van der Waals surface area contributed by atoms with Crippen molar-refractivity contribution in [3.05, 3.63) is 88.5 Å². The standard InChI is InChI=1S/C26H29N5O.CH3NO/c32-26-28-25(31-13-11-27-15-24(31)20-4-2-1-3-5-20)10-12-30(26)23-8-6-19(7-9-23)16-29-17-21-14-22(21)18-29;2-1-3/h1-10,12,21-22,24,27H,11,13-18H2;1H,(H2,2,3). The third-order valence-electron chi connectivity index (χ3n) is 7.19. The van der Waals surface area contributed by atoms with Crippen LogP contribution in [-0.2, 0) is 11.3 Å². The molecule has 8 heteroatoms. The summed E-state index contributed by atoms with van der Waals surface area (Å²) in [6.45, 7) is 6.04. The number of benzene rings is 2. The van der Waals surface area contributed by atoms with Crippen molar-refractivity contribution in [1.29, 1.82) is 0 Å². The summed E-state index contributed by atoms with van der Waals surface area (Å²) >= 11 is 0. The van der Waals surface area contributed by atoms with E-state index in [1.165, 1.54) is 30.6 Å². The van der Waals surface area contributed by atoms with Crippen molar-refractivity contribution in [1.82, 2.24) is 19.8 Å². The molecule has 6 rings (SSSR count). The number of piperidine rings is 1. The number of fused-ring (bicyclic) bond motifs is 1. The molecule has 3 fully saturated rings. The van der Waals surface area contributed by atoms with Crippen LogP contribution in [0, 0.1) is 11.8 Å². The fourth-order valence-electron chi connectivity index (χ4n) is 5.35. The molecule has 1 aliphatic carbocycles. The summed E-state index contributed by atoms with van der Waals surface area (Å²) in [6, 6.07) is 20.9. The number of primary amides is 1. The number of nitrogens with two attached hydrogens (primary N) is 1. The second-order valence-electron chi connectivity index (χ2n) is 9.51.